The zero-order valence-corrected chi connectivity index (χ0v) is 13.6. The van der Waals surface area contributed by atoms with Crippen LogP contribution in [0, 0.1) is 17.1 Å². The van der Waals surface area contributed by atoms with Crippen molar-refractivity contribution in [2.45, 2.75) is 32.2 Å². The molecule has 1 heterocycles. The Kier molecular flexibility index (Phi) is 6.12. The second kappa shape index (κ2) is 8.30. The van der Waals surface area contributed by atoms with Gasteiger partial charge in [0, 0.05) is 13.0 Å². The molecule has 5 nitrogen and oxygen atoms in total. The average Bonchev–Trinajstić information content (AvgIpc) is 2.55. The van der Waals surface area contributed by atoms with Crippen LogP contribution in [0.4, 0.5) is 0 Å². The van der Waals surface area contributed by atoms with E-state index in [9.17, 15) is 9.59 Å². The molecule has 0 unspecified atom stereocenters. The molecule has 2 aromatic rings. The summed E-state index contributed by atoms with van der Waals surface area (Å²) in [6, 6.07) is 7.32. The predicted octanol–water partition coefficient (Wildman–Crippen LogP) is 2.37. The highest BCUT2D eigenvalue weighted by atomic mass is 32.1. The zero-order valence-electron chi connectivity index (χ0n) is 12.8. The van der Waals surface area contributed by atoms with Gasteiger partial charge >= 0.3 is 0 Å². The monoisotopic (exact) mass is 329 g/mol. The van der Waals surface area contributed by atoms with Crippen LogP contribution in [0.3, 0.4) is 0 Å². The third kappa shape index (κ3) is 4.54. The summed E-state index contributed by atoms with van der Waals surface area (Å²) >= 11 is 5.26. The number of para-hydroxylation sites is 1. The number of unbranched alkanes of at least 4 members (excludes halogenated alkanes) is 2. The van der Waals surface area contributed by atoms with Crippen molar-refractivity contribution in [3.05, 3.63) is 39.4 Å². The molecule has 0 spiro atoms. The summed E-state index contributed by atoms with van der Waals surface area (Å²) in [6.45, 7) is 0.811. The number of aromatic nitrogens is 2. The third-order valence-electron chi connectivity index (χ3n) is 3.56. The first-order chi connectivity index (χ1) is 11.1. The lowest BCUT2D eigenvalue weighted by molar-refractivity contribution is -0.120. The number of terminal acetylenes is 1. The maximum Gasteiger partial charge on any atom is 0.262 e. The van der Waals surface area contributed by atoms with Crippen molar-refractivity contribution in [2.24, 2.45) is 0 Å². The topological polar surface area (TPSA) is 66.9 Å². The maximum atomic E-state index is 12.4. The summed E-state index contributed by atoms with van der Waals surface area (Å²) in [4.78, 5) is 26.9. The van der Waals surface area contributed by atoms with Gasteiger partial charge in [0.2, 0.25) is 5.91 Å². The van der Waals surface area contributed by atoms with Crippen molar-refractivity contribution in [2.75, 3.05) is 6.54 Å². The Morgan fingerprint density at radius 3 is 2.87 bits per heavy atom. The summed E-state index contributed by atoms with van der Waals surface area (Å²) in [5.41, 5.74) is 0.681. The van der Waals surface area contributed by atoms with Crippen molar-refractivity contribution in [1.82, 2.24) is 14.9 Å². The van der Waals surface area contributed by atoms with Crippen molar-refractivity contribution in [3.63, 3.8) is 0 Å². The Morgan fingerprint density at radius 1 is 1.30 bits per heavy atom. The zero-order chi connectivity index (χ0) is 16.7. The minimum Gasteiger partial charge on any atom is -0.345 e. The number of rotatable bonds is 7. The van der Waals surface area contributed by atoms with E-state index in [1.54, 1.807) is 10.6 Å². The van der Waals surface area contributed by atoms with Crippen LogP contribution in [0.5, 0.6) is 0 Å². The Bertz CT molecular complexity index is 845. The molecule has 0 saturated carbocycles. The molecule has 1 aromatic carbocycles. The molecule has 2 rings (SSSR count). The molecule has 6 heteroatoms. The lowest BCUT2D eigenvalue weighted by atomic mass is 10.2. The number of nitrogens with one attached hydrogen (secondary N) is 2. The number of carbonyl (C=O) groups excluding carboxylic acids is 1. The number of hydrogen-bond donors (Lipinski definition) is 2. The summed E-state index contributed by atoms with van der Waals surface area (Å²) < 4.78 is 2.01. The van der Waals surface area contributed by atoms with Gasteiger partial charge in [0.1, 0.15) is 0 Å². The fourth-order valence-electron chi connectivity index (χ4n) is 2.37. The highest BCUT2D eigenvalue weighted by Crippen LogP contribution is 2.07. The van der Waals surface area contributed by atoms with E-state index in [0.29, 0.717) is 23.1 Å². The molecule has 0 radical (unpaired) electrons. The maximum absolute atomic E-state index is 12.4. The smallest absolute Gasteiger partial charge is 0.262 e. The standard InChI is InChI=1S/C17H19N3O2S/c1-2-11-18-15(21)10-4-3-7-12-20-16(22)13-8-5-6-9-14(13)19-17(20)23/h1,5-6,8-9H,3-4,7,10-12H2,(H,18,21)(H,19,23). The first-order valence-corrected chi connectivity index (χ1v) is 7.96. The van der Waals surface area contributed by atoms with E-state index in [4.69, 9.17) is 18.6 Å². The number of H-pyrrole nitrogens is 1. The third-order valence-corrected chi connectivity index (χ3v) is 3.89. The van der Waals surface area contributed by atoms with Crippen LogP contribution < -0.4 is 10.9 Å². The van der Waals surface area contributed by atoms with Crippen LogP contribution in [0.2, 0.25) is 0 Å². The van der Waals surface area contributed by atoms with E-state index in [2.05, 4.69) is 16.2 Å². The minimum absolute atomic E-state index is 0.0388. The van der Waals surface area contributed by atoms with Crippen molar-refractivity contribution < 1.29 is 4.79 Å². The predicted molar refractivity (Wildman–Crippen MR) is 93.7 cm³/mol. The van der Waals surface area contributed by atoms with E-state index in [1.165, 1.54) is 0 Å². The van der Waals surface area contributed by atoms with Gasteiger partial charge in [0.15, 0.2) is 4.77 Å². The fourth-order valence-corrected chi connectivity index (χ4v) is 2.66. The number of fused-ring (bicyclic) bond motifs is 1. The van der Waals surface area contributed by atoms with Gasteiger partial charge in [-0.05, 0) is 37.2 Å². The van der Waals surface area contributed by atoms with Crippen LogP contribution in [0.25, 0.3) is 10.9 Å². The molecule has 2 N–H and O–H groups in total. The van der Waals surface area contributed by atoms with Gasteiger partial charge < -0.3 is 10.3 Å². The van der Waals surface area contributed by atoms with Gasteiger partial charge in [-0.1, -0.05) is 24.5 Å². The van der Waals surface area contributed by atoms with E-state index in [1.807, 2.05) is 18.2 Å². The largest absolute Gasteiger partial charge is 0.345 e. The molecule has 0 aliphatic rings. The van der Waals surface area contributed by atoms with Crippen molar-refractivity contribution in [3.8, 4) is 12.3 Å². The van der Waals surface area contributed by atoms with Crippen molar-refractivity contribution in [1.29, 1.82) is 0 Å². The number of carbonyl (C=O) groups is 1. The van der Waals surface area contributed by atoms with E-state index in [-0.39, 0.29) is 18.0 Å². The fraction of sp³-hybridized carbons (Fsp3) is 0.353. The van der Waals surface area contributed by atoms with Gasteiger partial charge in [-0.3, -0.25) is 14.2 Å². The number of amides is 1. The summed E-state index contributed by atoms with van der Waals surface area (Å²) in [5, 5.41) is 3.26. The Labute approximate surface area is 139 Å². The molecule has 0 aliphatic heterocycles. The second-order valence-corrected chi connectivity index (χ2v) is 5.61. The van der Waals surface area contributed by atoms with Crippen molar-refractivity contribution >= 4 is 29.0 Å². The Hall–Kier alpha value is -2.39. The van der Waals surface area contributed by atoms with Crippen LogP contribution in [-0.2, 0) is 11.3 Å². The van der Waals surface area contributed by atoms with Crippen LogP contribution >= 0.6 is 12.2 Å². The molecule has 0 aliphatic carbocycles. The number of aromatic amines is 1. The molecular weight excluding hydrogens is 310 g/mol. The van der Waals surface area contributed by atoms with Crippen LogP contribution in [-0.4, -0.2) is 22.0 Å². The van der Waals surface area contributed by atoms with Gasteiger partial charge in [-0.2, -0.15) is 0 Å². The number of benzene rings is 1. The molecule has 1 amide bonds. The van der Waals surface area contributed by atoms with Gasteiger partial charge in [0.25, 0.3) is 5.56 Å². The van der Waals surface area contributed by atoms with Gasteiger partial charge in [-0.25, -0.2) is 0 Å². The number of nitrogens with zero attached hydrogens (tertiary/aromatic N) is 1. The van der Waals surface area contributed by atoms with E-state index < -0.39 is 0 Å². The second-order valence-electron chi connectivity index (χ2n) is 5.22. The Morgan fingerprint density at radius 2 is 2.09 bits per heavy atom. The molecule has 0 bridgehead atoms. The van der Waals surface area contributed by atoms with Gasteiger partial charge in [-0.15, -0.1) is 6.42 Å². The summed E-state index contributed by atoms with van der Waals surface area (Å²) in [7, 11) is 0. The molecule has 120 valence electrons. The first kappa shape index (κ1) is 17.0. The average molecular weight is 329 g/mol. The van der Waals surface area contributed by atoms with Crippen LogP contribution in [0.1, 0.15) is 25.7 Å². The highest BCUT2D eigenvalue weighted by molar-refractivity contribution is 7.71. The molecule has 23 heavy (non-hydrogen) atoms. The van der Waals surface area contributed by atoms with E-state index in [0.717, 1.165) is 24.8 Å². The summed E-state index contributed by atoms with van der Waals surface area (Å²) in [5.74, 6) is 2.32. The molecule has 0 atom stereocenters. The molecule has 0 saturated heterocycles. The first-order valence-electron chi connectivity index (χ1n) is 7.55. The highest BCUT2D eigenvalue weighted by Gasteiger charge is 2.05. The molecule has 0 fully saturated rings. The minimum atomic E-state index is -0.0730. The summed E-state index contributed by atoms with van der Waals surface area (Å²) in [6.07, 6.45) is 7.91. The van der Waals surface area contributed by atoms with Gasteiger partial charge in [0.05, 0.1) is 17.4 Å². The Balaban J connectivity index is 1.91. The van der Waals surface area contributed by atoms with E-state index >= 15 is 0 Å². The van der Waals surface area contributed by atoms with Crippen LogP contribution in [0.15, 0.2) is 29.1 Å². The normalized spacial score (nSPS) is 10.4. The SMILES string of the molecule is C#CCNC(=O)CCCCCn1c(=S)[nH]c2ccccc2c1=O. The lowest BCUT2D eigenvalue weighted by Gasteiger charge is -2.08. The number of hydrogen-bond acceptors (Lipinski definition) is 3. The molecular formula is C17H19N3O2S. The molecule has 1 aromatic heterocycles. The lowest BCUT2D eigenvalue weighted by Crippen LogP contribution is -2.23. The quantitative estimate of drug-likeness (QED) is 0.465.